The number of amides is 2. The van der Waals surface area contributed by atoms with Gasteiger partial charge in [-0.15, -0.1) is 11.3 Å². The summed E-state index contributed by atoms with van der Waals surface area (Å²) in [6.45, 7) is 4.81. The Hall–Kier alpha value is -1.36. The second kappa shape index (κ2) is 6.39. The van der Waals surface area contributed by atoms with Crippen molar-refractivity contribution in [3.05, 3.63) is 21.4 Å². The van der Waals surface area contributed by atoms with E-state index in [9.17, 15) is 9.59 Å². The number of likely N-dealkylation sites (N-methyl/N-ethyl adjacent to an activating group) is 1. The summed E-state index contributed by atoms with van der Waals surface area (Å²) in [4.78, 5) is 28.4. The van der Waals surface area contributed by atoms with Crippen LogP contribution in [0, 0.1) is 6.92 Å². The van der Waals surface area contributed by atoms with Gasteiger partial charge in [-0.3, -0.25) is 9.59 Å². The predicted octanol–water partition coefficient (Wildman–Crippen LogP) is 2.36. The Morgan fingerprint density at radius 2 is 2.20 bits per heavy atom. The first-order valence-corrected chi connectivity index (χ1v) is 8.02. The summed E-state index contributed by atoms with van der Waals surface area (Å²) in [5.74, 6) is -0.0480. The number of carbonyl (C=O) groups excluding carboxylic acids is 2. The average Bonchev–Trinajstić information content (AvgIpc) is 2.86. The largest absolute Gasteiger partial charge is 0.357 e. The van der Waals surface area contributed by atoms with Crippen LogP contribution in [0.25, 0.3) is 0 Å². The number of carbonyl (C=O) groups is 2. The Morgan fingerprint density at radius 1 is 1.45 bits per heavy atom. The van der Waals surface area contributed by atoms with Gasteiger partial charge < -0.3 is 10.2 Å². The molecule has 0 spiro atoms. The molecule has 0 aromatic carbocycles. The summed E-state index contributed by atoms with van der Waals surface area (Å²) in [5.41, 5.74) is 1.18. The molecule has 1 aliphatic rings. The van der Waals surface area contributed by atoms with Crippen LogP contribution in [0.4, 0.5) is 0 Å². The van der Waals surface area contributed by atoms with E-state index < -0.39 is 0 Å². The van der Waals surface area contributed by atoms with Crippen LogP contribution in [0.5, 0.6) is 0 Å². The van der Waals surface area contributed by atoms with Gasteiger partial charge in [0, 0.05) is 18.5 Å². The van der Waals surface area contributed by atoms with Crippen LogP contribution < -0.4 is 5.32 Å². The van der Waals surface area contributed by atoms with Crippen molar-refractivity contribution >= 4 is 23.2 Å². The van der Waals surface area contributed by atoms with Gasteiger partial charge in [0.05, 0.1) is 4.88 Å². The van der Waals surface area contributed by atoms with Gasteiger partial charge in [-0.05, 0) is 44.2 Å². The van der Waals surface area contributed by atoms with Crippen molar-refractivity contribution < 1.29 is 9.59 Å². The molecule has 2 rings (SSSR count). The van der Waals surface area contributed by atoms with Gasteiger partial charge in [-0.25, -0.2) is 0 Å². The third-order valence-electron chi connectivity index (χ3n) is 3.87. The summed E-state index contributed by atoms with van der Waals surface area (Å²) in [7, 11) is 1.63. The zero-order chi connectivity index (χ0) is 14.7. The van der Waals surface area contributed by atoms with Gasteiger partial charge in [0.2, 0.25) is 5.91 Å². The third-order valence-corrected chi connectivity index (χ3v) is 5.23. The fourth-order valence-electron chi connectivity index (χ4n) is 2.73. The maximum Gasteiger partial charge on any atom is 0.264 e. The number of likely N-dealkylation sites (tertiary alicyclic amines) is 1. The van der Waals surface area contributed by atoms with Crippen LogP contribution in [-0.2, 0) is 11.2 Å². The Kier molecular flexibility index (Phi) is 4.81. The number of aryl methyl sites for hydroxylation is 2. The molecule has 110 valence electrons. The van der Waals surface area contributed by atoms with Crippen LogP contribution in [0.3, 0.4) is 0 Å². The quantitative estimate of drug-likeness (QED) is 0.930. The molecular formula is C15H22N2O2S. The van der Waals surface area contributed by atoms with E-state index in [4.69, 9.17) is 0 Å². The Morgan fingerprint density at radius 3 is 2.80 bits per heavy atom. The molecule has 1 fully saturated rings. The van der Waals surface area contributed by atoms with Gasteiger partial charge in [0.25, 0.3) is 5.91 Å². The lowest BCUT2D eigenvalue weighted by Crippen LogP contribution is -2.51. The highest BCUT2D eigenvalue weighted by Gasteiger charge is 2.32. The maximum absolute atomic E-state index is 12.7. The molecule has 4 nitrogen and oxygen atoms in total. The number of thiophene rings is 1. The topological polar surface area (TPSA) is 49.4 Å². The van der Waals surface area contributed by atoms with E-state index >= 15 is 0 Å². The van der Waals surface area contributed by atoms with Crippen molar-refractivity contribution in [2.75, 3.05) is 13.6 Å². The van der Waals surface area contributed by atoms with Crippen LogP contribution in [0.2, 0.25) is 0 Å². The molecule has 1 aromatic heterocycles. The normalized spacial score (nSPS) is 18.9. The van der Waals surface area contributed by atoms with Crippen molar-refractivity contribution in [2.45, 2.75) is 45.6 Å². The molecule has 1 N–H and O–H groups in total. The molecule has 1 saturated heterocycles. The molecule has 5 heteroatoms. The van der Waals surface area contributed by atoms with E-state index in [1.807, 2.05) is 13.0 Å². The van der Waals surface area contributed by atoms with Crippen molar-refractivity contribution in [3.63, 3.8) is 0 Å². The minimum absolute atomic E-state index is 0.00565. The van der Waals surface area contributed by atoms with E-state index in [1.165, 1.54) is 10.4 Å². The first-order valence-electron chi connectivity index (χ1n) is 7.20. The van der Waals surface area contributed by atoms with Gasteiger partial charge in [0.1, 0.15) is 6.04 Å². The van der Waals surface area contributed by atoms with Crippen molar-refractivity contribution in [3.8, 4) is 0 Å². The van der Waals surface area contributed by atoms with Crippen LogP contribution in [-0.4, -0.2) is 36.3 Å². The SMILES string of the molecule is CCc1sc(C(=O)N2CCCC[C@H]2C(=O)NC)cc1C. The highest BCUT2D eigenvalue weighted by atomic mass is 32.1. The predicted molar refractivity (Wildman–Crippen MR) is 81.2 cm³/mol. The molecule has 1 atom stereocenters. The van der Waals surface area contributed by atoms with Crippen LogP contribution in [0.1, 0.15) is 46.3 Å². The lowest BCUT2D eigenvalue weighted by molar-refractivity contribution is -0.126. The van der Waals surface area contributed by atoms with Crippen LogP contribution >= 0.6 is 11.3 Å². The van der Waals surface area contributed by atoms with Gasteiger partial charge in [-0.2, -0.15) is 0 Å². The van der Waals surface area contributed by atoms with E-state index in [0.29, 0.717) is 6.54 Å². The second-order valence-corrected chi connectivity index (χ2v) is 6.33. The highest BCUT2D eigenvalue weighted by molar-refractivity contribution is 7.14. The Bertz CT molecular complexity index is 510. The first-order chi connectivity index (χ1) is 9.58. The molecule has 0 unspecified atom stereocenters. The standard InChI is InChI=1S/C15H22N2O2S/c1-4-12-10(2)9-13(20-12)15(19)17-8-6-5-7-11(17)14(18)16-3/h9,11H,4-8H2,1-3H3,(H,16,18)/t11-/m0/s1. The lowest BCUT2D eigenvalue weighted by atomic mass is 10.0. The summed E-state index contributed by atoms with van der Waals surface area (Å²) < 4.78 is 0. The highest BCUT2D eigenvalue weighted by Crippen LogP contribution is 2.26. The van der Waals surface area contributed by atoms with Gasteiger partial charge in [0.15, 0.2) is 0 Å². The molecule has 1 aliphatic heterocycles. The minimum atomic E-state index is -0.311. The Labute approximate surface area is 124 Å². The molecule has 2 heterocycles. The Balaban J connectivity index is 2.22. The number of piperidine rings is 1. The average molecular weight is 294 g/mol. The number of nitrogens with zero attached hydrogens (tertiary/aromatic N) is 1. The molecule has 20 heavy (non-hydrogen) atoms. The number of rotatable bonds is 3. The summed E-state index contributed by atoms with van der Waals surface area (Å²) in [6.07, 6.45) is 3.69. The zero-order valence-electron chi connectivity index (χ0n) is 12.4. The number of hydrogen-bond donors (Lipinski definition) is 1. The van der Waals surface area contributed by atoms with E-state index in [-0.39, 0.29) is 17.9 Å². The van der Waals surface area contributed by atoms with E-state index in [1.54, 1.807) is 23.3 Å². The second-order valence-electron chi connectivity index (χ2n) is 5.19. The lowest BCUT2D eigenvalue weighted by Gasteiger charge is -2.34. The fraction of sp³-hybridized carbons (Fsp3) is 0.600. The molecule has 1 aromatic rings. The number of nitrogens with one attached hydrogen (secondary N) is 1. The molecular weight excluding hydrogens is 272 g/mol. The summed E-state index contributed by atoms with van der Waals surface area (Å²) in [6, 6.07) is 1.65. The maximum atomic E-state index is 12.7. The van der Waals surface area contributed by atoms with Gasteiger partial charge >= 0.3 is 0 Å². The van der Waals surface area contributed by atoms with E-state index in [0.717, 1.165) is 30.6 Å². The van der Waals surface area contributed by atoms with Crippen molar-refractivity contribution in [1.29, 1.82) is 0 Å². The van der Waals surface area contributed by atoms with Crippen molar-refractivity contribution in [2.24, 2.45) is 0 Å². The molecule has 0 aliphatic carbocycles. The van der Waals surface area contributed by atoms with E-state index in [2.05, 4.69) is 12.2 Å². The summed E-state index contributed by atoms with van der Waals surface area (Å²) >= 11 is 1.56. The minimum Gasteiger partial charge on any atom is -0.357 e. The summed E-state index contributed by atoms with van der Waals surface area (Å²) in [5, 5.41) is 2.67. The molecule has 0 saturated carbocycles. The monoisotopic (exact) mass is 294 g/mol. The fourth-order valence-corrected chi connectivity index (χ4v) is 3.80. The number of hydrogen-bond acceptors (Lipinski definition) is 3. The van der Waals surface area contributed by atoms with Crippen molar-refractivity contribution in [1.82, 2.24) is 10.2 Å². The van der Waals surface area contributed by atoms with Crippen LogP contribution in [0.15, 0.2) is 6.07 Å². The first kappa shape index (κ1) is 15.0. The van der Waals surface area contributed by atoms with Gasteiger partial charge in [-0.1, -0.05) is 6.92 Å². The third kappa shape index (κ3) is 2.87. The zero-order valence-corrected chi connectivity index (χ0v) is 13.2. The molecule has 0 bridgehead atoms. The smallest absolute Gasteiger partial charge is 0.264 e. The molecule has 0 radical (unpaired) electrons. The molecule has 2 amide bonds.